The summed E-state index contributed by atoms with van der Waals surface area (Å²) in [6.45, 7) is 0. The topological polar surface area (TPSA) is 16.4 Å². The summed E-state index contributed by atoms with van der Waals surface area (Å²) in [6, 6.07) is 72.3. The summed E-state index contributed by atoms with van der Waals surface area (Å²) < 4.78 is 6.51. The third-order valence-electron chi connectivity index (χ3n) is 11.0. The fraction of sp³-hybridized carbons (Fsp3) is 0. The van der Waals surface area contributed by atoms with Crippen LogP contribution in [0.3, 0.4) is 0 Å². The molecule has 0 radical (unpaired) electrons. The second kappa shape index (κ2) is 12.2. The van der Waals surface area contributed by atoms with E-state index in [4.69, 9.17) is 4.42 Å². The molecule has 0 aliphatic rings. The van der Waals surface area contributed by atoms with E-state index in [1.165, 1.54) is 60.0 Å². The van der Waals surface area contributed by atoms with Gasteiger partial charge in [0, 0.05) is 33.2 Å². The normalized spacial score (nSPS) is 11.7. The first-order chi connectivity index (χ1) is 26.8. The van der Waals surface area contributed by atoms with Gasteiger partial charge >= 0.3 is 0 Å². The van der Waals surface area contributed by atoms with Crippen LogP contribution < -0.4 is 4.90 Å². The van der Waals surface area contributed by atoms with Crippen LogP contribution in [0.2, 0.25) is 0 Å². The Morgan fingerprint density at radius 2 is 0.870 bits per heavy atom. The smallest absolute Gasteiger partial charge is 0.143 e. The lowest BCUT2D eigenvalue weighted by Gasteiger charge is -2.26. The van der Waals surface area contributed by atoms with Gasteiger partial charge in [-0.3, -0.25) is 0 Å². The maximum atomic E-state index is 6.51. The molecule has 0 N–H and O–H groups in total. The number of hydrogen-bond donors (Lipinski definition) is 0. The SMILES string of the molecule is c1ccc(-c2ccc(N(c3ccc(-c4cc5ccc6ccccc6c5c5ccccc45)cc3)c3ccc4oc5c6ccccc6ccc5c4c3)cc2)cc1. The van der Waals surface area contributed by atoms with Gasteiger partial charge in [0.2, 0.25) is 0 Å². The largest absolute Gasteiger partial charge is 0.455 e. The zero-order valence-corrected chi connectivity index (χ0v) is 29.4. The number of nitrogens with zero attached hydrogens (tertiary/aromatic N) is 1. The summed E-state index contributed by atoms with van der Waals surface area (Å²) in [5, 5.41) is 12.2. The standard InChI is InChI=1S/C52H33NO/c1-2-10-34(11-3-1)35-20-25-40(26-21-35)53(42-29-31-50-49(33-42)47-30-24-37-13-5-7-15-44(37)52(47)54-50)41-27-22-38(23-28-41)48-32-39-19-18-36-12-4-6-14-43(36)51(39)46-17-9-8-16-45(46)48/h1-33H. The lowest BCUT2D eigenvalue weighted by molar-refractivity contribution is 0.672. The van der Waals surface area contributed by atoms with Gasteiger partial charge in [0.25, 0.3) is 0 Å². The molecule has 11 rings (SSSR count). The van der Waals surface area contributed by atoms with Crippen LogP contribution in [0.1, 0.15) is 0 Å². The van der Waals surface area contributed by atoms with Gasteiger partial charge in [-0.25, -0.2) is 0 Å². The Bertz CT molecular complexity index is 3190. The Labute approximate surface area is 312 Å². The summed E-state index contributed by atoms with van der Waals surface area (Å²) in [6.07, 6.45) is 0. The zero-order chi connectivity index (χ0) is 35.6. The number of fused-ring (bicyclic) bond motifs is 10. The highest BCUT2D eigenvalue weighted by molar-refractivity contribution is 6.23. The van der Waals surface area contributed by atoms with Crippen molar-refractivity contribution in [3.63, 3.8) is 0 Å². The van der Waals surface area contributed by atoms with Crippen LogP contribution in [0.5, 0.6) is 0 Å². The Hall–Kier alpha value is -7.16. The first kappa shape index (κ1) is 30.5. The Morgan fingerprint density at radius 3 is 1.63 bits per heavy atom. The molecule has 1 heterocycles. The molecule has 0 aliphatic heterocycles. The summed E-state index contributed by atoms with van der Waals surface area (Å²) >= 11 is 0. The van der Waals surface area contributed by atoms with Crippen molar-refractivity contribution in [1.82, 2.24) is 0 Å². The van der Waals surface area contributed by atoms with E-state index in [0.29, 0.717) is 0 Å². The Kier molecular flexibility index (Phi) is 6.90. The third-order valence-corrected chi connectivity index (χ3v) is 11.0. The van der Waals surface area contributed by atoms with Gasteiger partial charge in [0.05, 0.1) is 0 Å². The fourth-order valence-electron chi connectivity index (χ4n) is 8.42. The van der Waals surface area contributed by atoms with Crippen LogP contribution in [0.4, 0.5) is 17.1 Å². The first-order valence-corrected chi connectivity index (χ1v) is 18.5. The van der Waals surface area contributed by atoms with Crippen molar-refractivity contribution < 1.29 is 4.42 Å². The van der Waals surface area contributed by atoms with Crippen LogP contribution in [-0.4, -0.2) is 0 Å². The third kappa shape index (κ3) is 4.88. The average Bonchev–Trinajstić information content (AvgIpc) is 3.63. The minimum Gasteiger partial charge on any atom is -0.455 e. The average molecular weight is 688 g/mol. The molecule has 11 aromatic rings. The highest BCUT2D eigenvalue weighted by Gasteiger charge is 2.18. The predicted octanol–water partition coefficient (Wildman–Crippen LogP) is 15.0. The van der Waals surface area contributed by atoms with Crippen molar-refractivity contribution in [3.05, 3.63) is 200 Å². The molecule has 0 amide bonds. The molecule has 0 bridgehead atoms. The fourth-order valence-corrected chi connectivity index (χ4v) is 8.42. The molecule has 0 aliphatic carbocycles. The molecule has 54 heavy (non-hydrogen) atoms. The van der Waals surface area contributed by atoms with Crippen LogP contribution in [0, 0.1) is 0 Å². The van der Waals surface area contributed by atoms with Gasteiger partial charge in [0.15, 0.2) is 0 Å². The molecule has 0 fully saturated rings. The van der Waals surface area contributed by atoms with Crippen molar-refractivity contribution in [2.45, 2.75) is 0 Å². The lowest BCUT2D eigenvalue weighted by Crippen LogP contribution is -2.09. The van der Waals surface area contributed by atoms with Crippen LogP contribution in [-0.2, 0) is 0 Å². The minimum atomic E-state index is 0.885. The van der Waals surface area contributed by atoms with Gasteiger partial charge in [-0.15, -0.1) is 0 Å². The van der Waals surface area contributed by atoms with Crippen molar-refractivity contribution in [2.24, 2.45) is 0 Å². The second-order valence-electron chi connectivity index (χ2n) is 14.1. The highest BCUT2D eigenvalue weighted by Crippen LogP contribution is 2.43. The quantitative estimate of drug-likeness (QED) is 0.168. The molecule has 2 heteroatoms. The second-order valence-corrected chi connectivity index (χ2v) is 14.1. The lowest BCUT2D eigenvalue weighted by atomic mass is 9.90. The van der Waals surface area contributed by atoms with E-state index in [2.05, 4.69) is 205 Å². The van der Waals surface area contributed by atoms with E-state index in [1.807, 2.05) is 0 Å². The summed E-state index contributed by atoms with van der Waals surface area (Å²) in [4.78, 5) is 2.35. The van der Waals surface area contributed by atoms with E-state index in [-0.39, 0.29) is 0 Å². The maximum absolute atomic E-state index is 6.51. The molecule has 252 valence electrons. The zero-order valence-electron chi connectivity index (χ0n) is 29.4. The van der Waals surface area contributed by atoms with E-state index in [0.717, 1.165) is 44.4 Å². The molecule has 0 atom stereocenters. The van der Waals surface area contributed by atoms with Gasteiger partial charge < -0.3 is 9.32 Å². The van der Waals surface area contributed by atoms with Crippen molar-refractivity contribution in [2.75, 3.05) is 4.90 Å². The number of anilines is 3. The number of furan rings is 1. The molecule has 2 nitrogen and oxygen atoms in total. The molecule has 0 saturated carbocycles. The predicted molar refractivity (Wildman–Crippen MR) is 229 cm³/mol. The van der Waals surface area contributed by atoms with Crippen LogP contribution >= 0.6 is 0 Å². The number of benzene rings is 10. The minimum absolute atomic E-state index is 0.885. The molecule has 0 unspecified atom stereocenters. The monoisotopic (exact) mass is 687 g/mol. The Balaban J connectivity index is 1.06. The van der Waals surface area contributed by atoms with Crippen molar-refractivity contribution in [1.29, 1.82) is 0 Å². The highest BCUT2D eigenvalue weighted by atomic mass is 16.3. The van der Waals surface area contributed by atoms with Crippen LogP contribution in [0.25, 0.3) is 87.3 Å². The van der Waals surface area contributed by atoms with E-state index in [1.54, 1.807) is 0 Å². The summed E-state index contributed by atoms with van der Waals surface area (Å²) in [5.74, 6) is 0. The maximum Gasteiger partial charge on any atom is 0.143 e. The van der Waals surface area contributed by atoms with Gasteiger partial charge in [-0.1, -0.05) is 146 Å². The summed E-state index contributed by atoms with van der Waals surface area (Å²) in [5.41, 5.74) is 9.87. The number of hydrogen-bond acceptors (Lipinski definition) is 2. The molecule has 10 aromatic carbocycles. The van der Waals surface area contributed by atoms with E-state index < -0.39 is 0 Å². The van der Waals surface area contributed by atoms with E-state index >= 15 is 0 Å². The summed E-state index contributed by atoms with van der Waals surface area (Å²) in [7, 11) is 0. The molecular formula is C52H33NO. The van der Waals surface area contributed by atoms with Gasteiger partial charge in [0.1, 0.15) is 11.2 Å². The van der Waals surface area contributed by atoms with Gasteiger partial charge in [-0.05, 0) is 115 Å². The van der Waals surface area contributed by atoms with Crippen molar-refractivity contribution >= 4 is 82.1 Å². The van der Waals surface area contributed by atoms with Crippen molar-refractivity contribution in [3.8, 4) is 22.3 Å². The van der Waals surface area contributed by atoms with E-state index in [9.17, 15) is 0 Å². The number of rotatable bonds is 5. The molecule has 0 saturated heterocycles. The first-order valence-electron chi connectivity index (χ1n) is 18.5. The van der Waals surface area contributed by atoms with Crippen LogP contribution in [0.15, 0.2) is 205 Å². The molecule has 1 aromatic heterocycles. The molecule has 0 spiro atoms. The Morgan fingerprint density at radius 1 is 0.315 bits per heavy atom. The molecular weight excluding hydrogens is 655 g/mol. The van der Waals surface area contributed by atoms with Gasteiger partial charge in [-0.2, -0.15) is 0 Å².